The van der Waals surface area contributed by atoms with E-state index in [1.807, 2.05) is 6.92 Å². The molecule has 6 nitrogen and oxygen atoms in total. The van der Waals surface area contributed by atoms with Crippen LogP contribution < -0.4 is 0 Å². The van der Waals surface area contributed by atoms with Crippen molar-refractivity contribution in [1.82, 2.24) is 14.5 Å². The molecule has 1 N–H and O–H groups in total. The number of imidazole rings is 1. The topological polar surface area (TPSA) is 67.6 Å². The van der Waals surface area contributed by atoms with Crippen molar-refractivity contribution >= 4 is 17.0 Å². The molecule has 0 saturated carbocycles. The molecule has 3 rings (SSSR count). The molecule has 6 heteroatoms. The fourth-order valence-corrected chi connectivity index (χ4v) is 2.72. The van der Waals surface area contributed by atoms with Gasteiger partial charge in [0, 0.05) is 26.2 Å². The molecular formula is C15H19N3O3. The zero-order valence-electron chi connectivity index (χ0n) is 12.1. The van der Waals surface area contributed by atoms with E-state index >= 15 is 0 Å². The Morgan fingerprint density at radius 3 is 2.81 bits per heavy atom. The summed E-state index contributed by atoms with van der Waals surface area (Å²) in [6.07, 6.45) is 0. The summed E-state index contributed by atoms with van der Waals surface area (Å²) in [6, 6.07) is 5.08. The van der Waals surface area contributed by atoms with Crippen molar-refractivity contribution in [3.05, 3.63) is 29.6 Å². The molecule has 1 saturated heterocycles. The van der Waals surface area contributed by atoms with Gasteiger partial charge < -0.3 is 14.4 Å². The number of benzene rings is 1. The molecule has 1 aliphatic heterocycles. The molecule has 0 atom stereocenters. The highest BCUT2D eigenvalue weighted by molar-refractivity contribution is 5.92. The number of carbonyl (C=O) groups is 1. The van der Waals surface area contributed by atoms with Crippen LogP contribution >= 0.6 is 0 Å². The first kappa shape index (κ1) is 14.0. The normalized spacial score (nSPS) is 16.4. The molecule has 112 valence electrons. The van der Waals surface area contributed by atoms with E-state index in [-0.39, 0.29) is 0 Å². The number of fused-ring (bicyclic) bond motifs is 1. The Morgan fingerprint density at radius 2 is 2.10 bits per heavy atom. The van der Waals surface area contributed by atoms with Gasteiger partial charge >= 0.3 is 5.97 Å². The summed E-state index contributed by atoms with van der Waals surface area (Å²) in [7, 11) is 0. The molecule has 0 bridgehead atoms. The standard InChI is InChI=1S/C15H19N3O3/c1-11-16-13-3-2-12(15(19)20)10-14(13)18(11)5-4-17-6-8-21-9-7-17/h2-3,10H,4-9H2,1H3,(H,19,20). The number of hydrogen-bond donors (Lipinski definition) is 1. The molecule has 1 aliphatic rings. The highest BCUT2D eigenvalue weighted by Gasteiger charge is 2.14. The lowest BCUT2D eigenvalue weighted by atomic mass is 10.2. The lowest BCUT2D eigenvalue weighted by Gasteiger charge is -2.26. The second-order valence-corrected chi connectivity index (χ2v) is 5.27. The van der Waals surface area contributed by atoms with Gasteiger partial charge in [-0.2, -0.15) is 0 Å². The van der Waals surface area contributed by atoms with Crippen LogP contribution in [0, 0.1) is 6.92 Å². The summed E-state index contributed by atoms with van der Waals surface area (Å²) in [6.45, 7) is 7.16. The maximum Gasteiger partial charge on any atom is 0.335 e. The minimum atomic E-state index is -0.907. The molecule has 0 amide bonds. The van der Waals surface area contributed by atoms with E-state index in [1.165, 1.54) is 0 Å². The van der Waals surface area contributed by atoms with Gasteiger partial charge in [0.15, 0.2) is 0 Å². The second kappa shape index (κ2) is 5.83. The highest BCUT2D eigenvalue weighted by Crippen LogP contribution is 2.18. The van der Waals surface area contributed by atoms with E-state index in [9.17, 15) is 4.79 Å². The Bertz CT molecular complexity index is 659. The number of ether oxygens (including phenoxy) is 1. The maximum absolute atomic E-state index is 11.1. The van der Waals surface area contributed by atoms with Crippen LogP contribution in [0.3, 0.4) is 0 Å². The molecular weight excluding hydrogens is 270 g/mol. The minimum absolute atomic E-state index is 0.301. The fourth-order valence-electron chi connectivity index (χ4n) is 2.72. The summed E-state index contributed by atoms with van der Waals surface area (Å²) in [5.74, 6) is 0.0104. The monoisotopic (exact) mass is 289 g/mol. The lowest BCUT2D eigenvalue weighted by Crippen LogP contribution is -2.38. The molecule has 2 heterocycles. The van der Waals surface area contributed by atoms with E-state index in [2.05, 4.69) is 14.5 Å². The molecule has 0 unspecified atom stereocenters. The van der Waals surface area contributed by atoms with E-state index in [4.69, 9.17) is 9.84 Å². The molecule has 1 aromatic heterocycles. The summed E-state index contributed by atoms with van der Waals surface area (Å²) < 4.78 is 7.44. The molecule has 1 fully saturated rings. The van der Waals surface area contributed by atoms with Crippen LogP contribution in [0.5, 0.6) is 0 Å². The number of morpholine rings is 1. The molecule has 0 radical (unpaired) electrons. The Hall–Kier alpha value is -1.92. The van der Waals surface area contributed by atoms with Crippen molar-refractivity contribution in [2.24, 2.45) is 0 Å². The predicted molar refractivity (Wildman–Crippen MR) is 78.7 cm³/mol. The van der Waals surface area contributed by atoms with Gasteiger partial charge in [-0.15, -0.1) is 0 Å². The predicted octanol–water partition coefficient (Wildman–Crippen LogP) is 1.38. The number of carboxylic acid groups (broad SMARTS) is 1. The molecule has 0 spiro atoms. The summed E-state index contributed by atoms with van der Waals surface area (Å²) in [4.78, 5) is 18.0. The Labute approximate surface area is 122 Å². The number of carboxylic acids is 1. The molecule has 1 aromatic carbocycles. The molecule has 2 aromatic rings. The minimum Gasteiger partial charge on any atom is -0.478 e. The van der Waals surface area contributed by atoms with Crippen molar-refractivity contribution in [1.29, 1.82) is 0 Å². The van der Waals surface area contributed by atoms with E-state index in [1.54, 1.807) is 18.2 Å². The quantitative estimate of drug-likeness (QED) is 0.921. The first-order chi connectivity index (χ1) is 10.1. The van der Waals surface area contributed by atoms with E-state index in [0.29, 0.717) is 5.56 Å². The van der Waals surface area contributed by atoms with Crippen molar-refractivity contribution < 1.29 is 14.6 Å². The number of aromatic nitrogens is 2. The van der Waals surface area contributed by atoms with Crippen molar-refractivity contribution in [3.63, 3.8) is 0 Å². The van der Waals surface area contributed by atoms with Crippen LogP contribution in [0.1, 0.15) is 16.2 Å². The summed E-state index contributed by atoms with van der Waals surface area (Å²) in [5.41, 5.74) is 2.04. The van der Waals surface area contributed by atoms with Crippen molar-refractivity contribution in [2.45, 2.75) is 13.5 Å². The van der Waals surface area contributed by atoms with Crippen LogP contribution in [0.2, 0.25) is 0 Å². The zero-order chi connectivity index (χ0) is 14.8. The summed E-state index contributed by atoms with van der Waals surface area (Å²) in [5, 5.41) is 9.12. The summed E-state index contributed by atoms with van der Waals surface area (Å²) >= 11 is 0. The first-order valence-electron chi connectivity index (χ1n) is 7.15. The molecule has 0 aliphatic carbocycles. The number of rotatable bonds is 4. The Kier molecular flexibility index (Phi) is 3.90. The van der Waals surface area contributed by atoms with Gasteiger partial charge in [0.25, 0.3) is 0 Å². The van der Waals surface area contributed by atoms with Gasteiger partial charge in [-0.05, 0) is 25.1 Å². The van der Waals surface area contributed by atoms with Crippen LogP contribution in [-0.2, 0) is 11.3 Å². The molecule has 21 heavy (non-hydrogen) atoms. The SMILES string of the molecule is Cc1nc2ccc(C(=O)O)cc2n1CCN1CCOCC1. The van der Waals surface area contributed by atoms with E-state index in [0.717, 1.165) is 56.3 Å². The van der Waals surface area contributed by atoms with Crippen LogP contribution in [0.25, 0.3) is 11.0 Å². The average molecular weight is 289 g/mol. The van der Waals surface area contributed by atoms with Gasteiger partial charge in [0.1, 0.15) is 5.82 Å². The largest absolute Gasteiger partial charge is 0.478 e. The van der Waals surface area contributed by atoms with E-state index < -0.39 is 5.97 Å². The number of hydrogen-bond acceptors (Lipinski definition) is 4. The zero-order valence-corrected chi connectivity index (χ0v) is 12.1. The van der Waals surface area contributed by atoms with Crippen LogP contribution in [0.4, 0.5) is 0 Å². The number of nitrogens with zero attached hydrogens (tertiary/aromatic N) is 3. The van der Waals surface area contributed by atoms with Gasteiger partial charge in [0.05, 0.1) is 29.8 Å². The lowest BCUT2D eigenvalue weighted by molar-refractivity contribution is 0.0364. The van der Waals surface area contributed by atoms with Gasteiger partial charge in [0.2, 0.25) is 0 Å². The number of aryl methyl sites for hydroxylation is 1. The van der Waals surface area contributed by atoms with Gasteiger partial charge in [-0.3, -0.25) is 4.90 Å². The smallest absolute Gasteiger partial charge is 0.335 e. The third-order valence-electron chi connectivity index (χ3n) is 3.93. The average Bonchev–Trinajstić information content (AvgIpc) is 2.80. The van der Waals surface area contributed by atoms with Crippen molar-refractivity contribution in [2.75, 3.05) is 32.8 Å². The third-order valence-corrected chi connectivity index (χ3v) is 3.93. The van der Waals surface area contributed by atoms with Crippen LogP contribution in [0.15, 0.2) is 18.2 Å². The Balaban J connectivity index is 1.84. The first-order valence-corrected chi connectivity index (χ1v) is 7.15. The number of aromatic carboxylic acids is 1. The third kappa shape index (κ3) is 2.91. The fraction of sp³-hybridized carbons (Fsp3) is 0.467. The second-order valence-electron chi connectivity index (χ2n) is 5.27. The maximum atomic E-state index is 11.1. The van der Waals surface area contributed by atoms with Gasteiger partial charge in [-0.1, -0.05) is 0 Å². The highest BCUT2D eigenvalue weighted by atomic mass is 16.5. The van der Waals surface area contributed by atoms with Gasteiger partial charge in [-0.25, -0.2) is 9.78 Å². The Morgan fingerprint density at radius 1 is 1.33 bits per heavy atom. The van der Waals surface area contributed by atoms with Crippen molar-refractivity contribution in [3.8, 4) is 0 Å². The van der Waals surface area contributed by atoms with Crippen LogP contribution in [-0.4, -0.2) is 58.4 Å².